The van der Waals surface area contributed by atoms with Gasteiger partial charge in [0.1, 0.15) is 11.4 Å². The predicted molar refractivity (Wildman–Crippen MR) is 85.9 cm³/mol. The van der Waals surface area contributed by atoms with Crippen molar-refractivity contribution in [3.63, 3.8) is 0 Å². The summed E-state index contributed by atoms with van der Waals surface area (Å²) in [5.41, 5.74) is 2.92. The van der Waals surface area contributed by atoms with E-state index >= 15 is 0 Å². The molecule has 5 nitrogen and oxygen atoms in total. The highest BCUT2D eigenvalue weighted by molar-refractivity contribution is 5.27. The van der Waals surface area contributed by atoms with Crippen LogP contribution in [-0.2, 0) is 13.2 Å². The van der Waals surface area contributed by atoms with Crippen LogP contribution >= 0.6 is 0 Å². The maximum absolute atomic E-state index is 9.30. The highest BCUT2D eigenvalue weighted by Crippen LogP contribution is 2.18. The number of benzene rings is 1. The maximum atomic E-state index is 9.30. The van der Waals surface area contributed by atoms with Crippen LogP contribution in [0.5, 0.6) is 5.75 Å². The summed E-state index contributed by atoms with van der Waals surface area (Å²) in [5, 5.41) is 17.5. The summed E-state index contributed by atoms with van der Waals surface area (Å²) in [5.74, 6) is 1.23. The van der Waals surface area contributed by atoms with Gasteiger partial charge in [-0.05, 0) is 43.4 Å². The van der Waals surface area contributed by atoms with Crippen LogP contribution in [0.15, 0.2) is 24.3 Å². The number of aliphatic hydroxyl groups excluding tert-OH is 1. The van der Waals surface area contributed by atoms with E-state index in [9.17, 15) is 5.11 Å². The second kappa shape index (κ2) is 7.94. The summed E-state index contributed by atoms with van der Waals surface area (Å²) in [6.07, 6.45) is 1.93. The van der Waals surface area contributed by atoms with Gasteiger partial charge < -0.3 is 9.84 Å². The monoisotopic (exact) mass is 303 g/mol. The Morgan fingerprint density at radius 3 is 2.77 bits per heavy atom. The van der Waals surface area contributed by atoms with E-state index in [1.807, 2.05) is 22.9 Å². The molecule has 0 saturated heterocycles. The molecule has 0 atom stereocenters. The highest BCUT2D eigenvalue weighted by Gasteiger charge is 2.14. The topological polar surface area (TPSA) is 60.2 Å². The minimum Gasteiger partial charge on any atom is -0.494 e. The fourth-order valence-corrected chi connectivity index (χ4v) is 2.52. The Labute approximate surface area is 131 Å². The molecule has 0 spiro atoms. The summed E-state index contributed by atoms with van der Waals surface area (Å²) in [7, 11) is 0. The van der Waals surface area contributed by atoms with Gasteiger partial charge in [-0.15, -0.1) is 5.10 Å². The number of nitrogens with zero attached hydrogens (tertiary/aromatic N) is 3. The van der Waals surface area contributed by atoms with Crippen LogP contribution in [0.3, 0.4) is 0 Å². The fourth-order valence-electron chi connectivity index (χ4n) is 2.52. The number of rotatable bonds is 8. The van der Waals surface area contributed by atoms with E-state index in [1.54, 1.807) is 0 Å². The van der Waals surface area contributed by atoms with Gasteiger partial charge in [0.05, 0.1) is 18.9 Å². The van der Waals surface area contributed by atoms with Crippen molar-refractivity contribution >= 4 is 0 Å². The molecular formula is C17H25N3O2. The van der Waals surface area contributed by atoms with E-state index in [-0.39, 0.29) is 6.61 Å². The third-order valence-electron chi connectivity index (χ3n) is 3.57. The predicted octanol–water partition coefficient (Wildman–Crippen LogP) is 3.06. The van der Waals surface area contributed by atoms with Crippen molar-refractivity contribution in [3.05, 3.63) is 41.2 Å². The first kappa shape index (κ1) is 16.5. The molecule has 0 aliphatic rings. The molecule has 1 N–H and O–H groups in total. The molecule has 2 rings (SSSR count). The first-order valence-corrected chi connectivity index (χ1v) is 7.84. The van der Waals surface area contributed by atoms with E-state index in [0.717, 1.165) is 30.8 Å². The summed E-state index contributed by atoms with van der Waals surface area (Å²) in [6, 6.07) is 8.09. The van der Waals surface area contributed by atoms with E-state index < -0.39 is 0 Å². The number of aromatic nitrogens is 3. The molecule has 0 aliphatic heterocycles. The normalized spacial score (nSPS) is 11.1. The number of hydrogen-bond donors (Lipinski definition) is 1. The van der Waals surface area contributed by atoms with E-state index in [4.69, 9.17) is 4.74 Å². The molecule has 1 aromatic heterocycles. The van der Waals surface area contributed by atoms with Gasteiger partial charge in [-0.2, -0.15) is 0 Å². The lowest BCUT2D eigenvalue weighted by molar-refractivity contribution is 0.274. The Bertz CT molecular complexity index is 593. The van der Waals surface area contributed by atoms with Crippen LogP contribution in [0.4, 0.5) is 0 Å². The first-order chi connectivity index (χ1) is 10.6. The zero-order valence-corrected chi connectivity index (χ0v) is 13.6. The zero-order valence-electron chi connectivity index (χ0n) is 13.6. The Balaban J connectivity index is 1.78. The largest absolute Gasteiger partial charge is 0.494 e. The van der Waals surface area contributed by atoms with Gasteiger partial charge in [-0.25, -0.2) is 4.68 Å². The first-order valence-electron chi connectivity index (χ1n) is 7.84. The molecule has 0 aliphatic carbocycles. The molecule has 0 bridgehead atoms. The smallest absolute Gasteiger partial charge is 0.119 e. The second-order valence-electron chi connectivity index (χ2n) is 5.83. The average Bonchev–Trinajstić information content (AvgIpc) is 2.90. The van der Waals surface area contributed by atoms with Crippen molar-refractivity contribution in [3.8, 4) is 5.75 Å². The zero-order chi connectivity index (χ0) is 15.9. The van der Waals surface area contributed by atoms with Crippen molar-refractivity contribution in [2.24, 2.45) is 0 Å². The quantitative estimate of drug-likeness (QED) is 0.761. The van der Waals surface area contributed by atoms with E-state index in [2.05, 4.69) is 37.1 Å². The molecule has 0 unspecified atom stereocenters. The van der Waals surface area contributed by atoms with Crippen LogP contribution in [0.25, 0.3) is 0 Å². The molecule has 0 amide bonds. The molecule has 0 fully saturated rings. The Kier molecular flexibility index (Phi) is 5.95. The van der Waals surface area contributed by atoms with Gasteiger partial charge in [0.25, 0.3) is 0 Å². The summed E-state index contributed by atoms with van der Waals surface area (Å²) in [4.78, 5) is 0. The molecule has 1 heterocycles. The van der Waals surface area contributed by atoms with Crippen molar-refractivity contribution in [1.82, 2.24) is 15.0 Å². The highest BCUT2D eigenvalue weighted by atomic mass is 16.5. The lowest BCUT2D eigenvalue weighted by Crippen LogP contribution is -2.09. The third kappa shape index (κ3) is 4.31. The van der Waals surface area contributed by atoms with Crippen LogP contribution in [-0.4, -0.2) is 26.7 Å². The molecule has 0 radical (unpaired) electrons. The van der Waals surface area contributed by atoms with Crippen molar-refractivity contribution < 1.29 is 9.84 Å². The van der Waals surface area contributed by atoms with Gasteiger partial charge in [-0.3, -0.25) is 0 Å². The van der Waals surface area contributed by atoms with Crippen LogP contribution in [0.2, 0.25) is 0 Å². The summed E-state index contributed by atoms with van der Waals surface area (Å²) >= 11 is 0. The Morgan fingerprint density at radius 2 is 2.09 bits per heavy atom. The number of hydrogen-bond acceptors (Lipinski definition) is 4. The molecule has 120 valence electrons. The average molecular weight is 303 g/mol. The number of ether oxygens (including phenoxy) is 1. The lowest BCUT2D eigenvalue weighted by atomic mass is 10.1. The standard InChI is InChI=1S/C17H25N3O2/c1-13(2)17-16(12-21)18-19-20(17)9-4-5-10-22-15-8-6-7-14(3)11-15/h6-8,11,13,21H,4-5,9-10,12H2,1-3H3. The molecule has 2 aromatic rings. The molecule has 1 aromatic carbocycles. The minimum atomic E-state index is -0.0516. The van der Waals surface area contributed by atoms with E-state index in [0.29, 0.717) is 18.2 Å². The van der Waals surface area contributed by atoms with Crippen molar-refractivity contribution in [1.29, 1.82) is 0 Å². The Morgan fingerprint density at radius 1 is 1.27 bits per heavy atom. The van der Waals surface area contributed by atoms with Crippen molar-refractivity contribution in [2.75, 3.05) is 6.61 Å². The fraction of sp³-hybridized carbons (Fsp3) is 0.529. The maximum Gasteiger partial charge on any atom is 0.119 e. The summed E-state index contributed by atoms with van der Waals surface area (Å²) < 4.78 is 7.65. The number of unbranched alkanes of at least 4 members (excludes halogenated alkanes) is 1. The van der Waals surface area contributed by atoms with Crippen LogP contribution < -0.4 is 4.74 Å². The number of aliphatic hydroxyl groups is 1. The second-order valence-corrected chi connectivity index (χ2v) is 5.83. The SMILES string of the molecule is Cc1cccc(OCCCCn2nnc(CO)c2C(C)C)c1. The molecule has 0 saturated carbocycles. The lowest BCUT2D eigenvalue weighted by Gasteiger charge is -2.11. The minimum absolute atomic E-state index is 0.0516. The third-order valence-corrected chi connectivity index (χ3v) is 3.57. The van der Waals surface area contributed by atoms with Crippen LogP contribution in [0.1, 0.15) is 49.6 Å². The molecule has 5 heteroatoms. The molecule has 22 heavy (non-hydrogen) atoms. The number of aryl methyl sites for hydroxylation is 2. The van der Waals surface area contributed by atoms with Gasteiger partial charge in [0.15, 0.2) is 0 Å². The van der Waals surface area contributed by atoms with Gasteiger partial charge >= 0.3 is 0 Å². The van der Waals surface area contributed by atoms with Crippen LogP contribution in [0, 0.1) is 6.92 Å². The van der Waals surface area contributed by atoms with Crippen molar-refractivity contribution in [2.45, 2.75) is 52.7 Å². The van der Waals surface area contributed by atoms with E-state index in [1.165, 1.54) is 5.56 Å². The molecular weight excluding hydrogens is 278 g/mol. The summed E-state index contributed by atoms with van der Waals surface area (Å²) in [6.45, 7) is 7.69. The Hall–Kier alpha value is -1.88. The van der Waals surface area contributed by atoms with Gasteiger partial charge in [0.2, 0.25) is 0 Å². The van der Waals surface area contributed by atoms with Gasteiger partial charge in [-0.1, -0.05) is 31.2 Å². The van der Waals surface area contributed by atoms with Gasteiger partial charge in [0, 0.05) is 6.54 Å².